The quantitative estimate of drug-likeness (QED) is 0.458. The molecule has 0 saturated carbocycles. The zero-order valence-corrected chi connectivity index (χ0v) is 14.9. The molecule has 140 valence electrons. The van der Waals surface area contributed by atoms with Gasteiger partial charge in [-0.2, -0.15) is 26.3 Å². The molecule has 1 aromatic carbocycles. The van der Waals surface area contributed by atoms with Crippen molar-refractivity contribution >= 4 is 12.6 Å². The lowest BCUT2D eigenvalue weighted by Crippen LogP contribution is -2.49. The molecular weight excluding hydrogens is 354 g/mol. The van der Waals surface area contributed by atoms with Gasteiger partial charge in [0.05, 0.1) is 0 Å². The number of thiol groups is 1. The summed E-state index contributed by atoms with van der Waals surface area (Å²) in [5, 5.41) is 4.92. The Bertz CT molecular complexity index is 490. The van der Waals surface area contributed by atoms with Gasteiger partial charge in [0, 0.05) is 6.92 Å². The minimum absolute atomic E-state index is 0.295. The SMILES string of the molecule is CC(C)c1cccc(C(C)C)c1O.CC(F)(F)C(F)(F)C(F)(F)S. The molecule has 0 radical (unpaired) electrons. The molecule has 0 aromatic heterocycles. The van der Waals surface area contributed by atoms with Gasteiger partial charge in [-0.3, -0.25) is 0 Å². The summed E-state index contributed by atoms with van der Waals surface area (Å²) in [6.45, 7) is 8.09. The van der Waals surface area contributed by atoms with E-state index < -0.39 is 17.1 Å². The molecule has 0 aliphatic heterocycles. The second-order valence-corrected chi connectivity index (χ2v) is 6.66. The van der Waals surface area contributed by atoms with E-state index in [2.05, 4.69) is 40.3 Å². The maximum atomic E-state index is 11.9. The van der Waals surface area contributed by atoms with Gasteiger partial charge in [-0.05, 0) is 23.0 Å². The normalized spacial score (nSPS) is 13.1. The summed E-state index contributed by atoms with van der Waals surface area (Å²) in [5.41, 5.74) is 2.09. The molecule has 1 rings (SSSR count). The minimum atomic E-state index is -5.43. The lowest BCUT2D eigenvalue weighted by Gasteiger charge is -2.27. The first-order valence-electron chi connectivity index (χ1n) is 7.21. The number of benzene rings is 1. The van der Waals surface area contributed by atoms with Crippen LogP contribution < -0.4 is 0 Å². The van der Waals surface area contributed by atoms with Crippen LogP contribution in [0.1, 0.15) is 57.6 Å². The van der Waals surface area contributed by atoms with Gasteiger partial charge < -0.3 is 5.11 Å². The van der Waals surface area contributed by atoms with Gasteiger partial charge in [-0.1, -0.05) is 58.5 Å². The van der Waals surface area contributed by atoms with Gasteiger partial charge in [0.15, 0.2) is 0 Å². The van der Waals surface area contributed by atoms with Crippen LogP contribution in [-0.4, -0.2) is 22.2 Å². The fourth-order valence-corrected chi connectivity index (χ4v) is 1.97. The highest BCUT2D eigenvalue weighted by molar-refractivity contribution is 7.81. The van der Waals surface area contributed by atoms with Crippen molar-refractivity contribution in [2.45, 2.75) is 63.6 Å². The Morgan fingerprint density at radius 2 is 1.21 bits per heavy atom. The zero-order valence-electron chi connectivity index (χ0n) is 14.0. The number of rotatable bonds is 4. The Hall–Kier alpha value is -1.05. The summed E-state index contributed by atoms with van der Waals surface area (Å²) in [7, 11) is 0. The van der Waals surface area contributed by atoms with E-state index in [1.807, 2.05) is 18.2 Å². The first-order chi connectivity index (χ1) is 10.5. The Balaban J connectivity index is 0.000000449. The van der Waals surface area contributed by atoms with Crippen LogP contribution in [0, 0.1) is 0 Å². The third kappa shape index (κ3) is 5.50. The zero-order chi connectivity index (χ0) is 19.5. The maximum Gasteiger partial charge on any atom is 0.381 e. The van der Waals surface area contributed by atoms with Crippen LogP contribution in [0.25, 0.3) is 0 Å². The van der Waals surface area contributed by atoms with Crippen molar-refractivity contribution in [3.8, 4) is 5.75 Å². The largest absolute Gasteiger partial charge is 0.507 e. The van der Waals surface area contributed by atoms with Crippen LogP contribution in [0.4, 0.5) is 26.3 Å². The Labute approximate surface area is 143 Å². The second-order valence-electron chi connectivity index (χ2n) is 6.10. The molecule has 0 bridgehead atoms. The number of aromatic hydroxyl groups is 1. The molecule has 0 unspecified atom stereocenters. The van der Waals surface area contributed by atoms with Gasteiger partial charge in [0.2, 0.25) is 0 Å². The number of phenols is 1. The molecule has 1 nitrogen and oxygen atoms in total. The second kappa shape index (κ2) is 7.89. The summed E-state index contributed by atoms with van der Waals surface area (Å²) >= 11 is 2.07. The number of hydrogen-bond acceptors (Lipinski definition) is 2. The van der Waals surface area contributed by atoms with Crippen molar-refractivity contribution in [3.05, 3.63) is 29.3 Å². The molecule has 24 heavy (non-hydrogen) atoms. The molecule has 0 atom stereocenters. The van der Waals surface area contributed by atoms with Crippen LogP contribution in [0.3, 0.4) is 0 Å². The lowest BCUT2D eigenvalue weighted by atomic mass is 9.94. The molecule has 1 aromatic rings. The number of phenolic OH excluding ortho intramolecular Hbond substituents is 1. The van der Waals surface area contributed by atoms with Gasteiger partial charge in [-0.15, -0.1) is 0 Å². The molecule has 0 heterocycles. The number of alkyl halides is 6. The van der Waals surface area contributed by atoms with E-state index in [-0.39, 0.29) is 6.92 Å². The summed E-state index contributed by atoms with van der Waals surface area (Å²) in [5.74, 6) is -8.95. The van der Waals surface area contributed by atoms with E-state index in [9.17, 15) is 31.4 Å². The molecule has 0 amide bonds. The lowest BCUT2D eigenvalue weighted by molar-refractivity contribution is -0.268. The van der Waals surface area contributed by atoms with Crippen molar-refractivity contribution in [1.82, 2.24) is 0 Å². The summed E-state index contributed by atoms with van der Waals surface area (Å²) in [6.07, 6.45) is 0. The smallest absolute Gasteiger partial charge is 0.381 e. The molecule has 0 fully saturated rings. The average Bonchev–Trinajstić information content (AvgIpc) is 2.36. The first kappa shape index (κ1) is 22.9. The molecule has 8 heteroatoms. The fraction of sp³-hybridized carbons (Fsp3) is 0.625. The molecular formula is C16H22F6OS. The third-order valence-electron chi connectivity index (χ3n) is 3.27. The van der Waals surface area contributed by atoms with Crippen LogP contribution in [-0.2, 0) is 0 Å². The molecule has 0 saturated heterocycles. The fourth-order valence-electron chi connectivity index (χ4n) is 1.78. The predicted octanol–water partition coefficient (Wildman–Crippen LogP) is 6.44. The molecule has 0 aliphatic rings. The topological polar surface area (TPSA) is 20.2 Å². The number of para-hydroxylation sites is 1. The average molecular weight is 376 g/mol. The Morgan fingerprint density at radius 3 is 1.38 bits per heavy atom. The van der Waals surface area contributed by atoms with Gasteiger partial charge in [-0.25, -0.2) is 0 Å². The maximum absolute atomic E-state index is 11.9. The Morgan fingerprint density at radius 1 is 0.875 bits per heavy atom. The van der Waals surface area contributed by atoms with E-state index in [0.29, 0.717) is 17.6 Å². The van der Waals surface area contributed by atoms with E-state index in [0.717, 1.165) is 11.1 Å². The monoisotopic (exact) mass is 376 g/mol. The van der Waals surface area contributed by atoms with Crippen molar-refractivity contribution in [2.24, 2.45) is 0 Å². The summed E-state index contributed by atoms with van der Waals surface area (Å²) < 4.78 is 70.4. The summed E-state index contributed by atoms with van der Waals surface area (Å²) in [6, 6.07) is 6.00. The van der Waals surface area contributed by atoms with E-state index in [1.165, 1.54) is 0 Å². The number of halogens is 6. The van der Waals surface area contributed by atoms with E-state index in [1.54, 1.807) is 0 Å². The van der Waals surface area contributed by atoms with Crippen molar-refractivity contribution in [1.29, 1.82) is 0 Å². The van der Waals surface area contributed by atoms with Crippen LogP contribution in [0.2, 0.25) is 0 Å². The highest BCUT2D eigenvalue weighted by Crippen LogP contribution is 2.47. The molecule has 0 aliphatic carbocycles. The van der Waals surface area contributed by atoms with Crippen LogP contribution >= 0.6 is 12.6 Å². The first-order valence-corrected chi connectivity index (χ1v) is 7.66. The van der Waals surface area contributed by atoms with Gasteiger partial charge in [0.25, 0.3) is 0 Å². The molecule has 1 N–H and O–H groups in total. The predicted molar refractivity (Wildman–Crippen MR) is 85.8 cm³/mol. The molecule has 0 spiro atoms. The summed E-state index contributed by atoms with van der Waals surface area (Å²) in [4.78, 5) is 0. The van der Waals surface area contributed by atoms with Crippen molar-refractivity contribution < 1.29 is 31.4 Å². The van der Waals surface area contributed by atoms with Gasteiger partial charge in [0.1, 0.15) is 5.75 Å². The van der Waals surface area contributed by atoms with E-state index >= 15 is 0 Å². The Kier molecular flexibility index (Phi) is 7.54. The third-order valence-corrected chi connectivity index (χ3v) is 3.55. The van der Waals surface area contributed by atoms with Crippen LogP contribution in [0.5, 0.6) is 5.75 Å². The van der Waals surface area contributed by atoms with Crippen molar-refractivity contribution in [2.75, 3.05) is 0 Å². The van der Waals surface area contributed by atoms with Crippen molar-refractivity contribution in [3.63, 3.8) is 0 Å². The number of hydrogen-bond donors (Lipinski definition) is 2. The standard InChI is InChI=1S/C12H18O.C4H4F6S/c1-8(2)10-6-5-7-11(9(3)4)12(10)13;1-2(5,6)3(7,8)4(9,10)11/h5-9,13H,1-4H3;11H,1H3. The highest BCUT2D eigenvalue weighted by Gasteiger charge is 2.67. The van der Waals surface area contributed by atoms with Gasteiger partial charge >= 0.3 is 17.1 Å². The highest BCUT2D eigenvalue weighted by atomic mass is 32.1. The van der Waals surface area contributed by atoms with Crippen LogP contribution in [0.15, 0.2) is 18.2 Å². The van der Waals surface area contributed by atoms with E-state index in [4.69, 9.17) is 0 Å². The minimum Gasteiger partial charge on any atom is -0.507 e.